The maximum Gasteiger partial charge on any atom is 0.307 e. The summed E-state index contributed by atoms with van der Waals surface area (Å²) in [4.78, 5) is 43.4. The molecule has 0 spiro atoms. The minimum absolute atomic E-state index is 0.0354. The molecule has 26 heavy (non-hydrogen) atoms. The maximum absolute atomic E-state index is 11.1. The van der Waals surface area contributed by atoms with E-state index in [9.17, 15) is 19.2 Å². The van der Waals surface area contributed by atoms with E-state index >= 15 is 0 Å². The van der Waals surface area contributed by atoms with Crippen LogP contribution in [0, 0.1) is 11.8 Å². The Morgan fingerprint density at radius 2 is 1.27 bits per heavy atom. The first-order chi connectivity index (χ1) is 12.2. The lowest BCUT2D eigenvalue weighted by Crippen LogP contribution is -2.18. The van der Waals surface area contributed by atoms with E-state index in [-0.39, 0.29) is 32.1 Å². The van der Waals surface area contributed by atoms with Crippen LogP contribution in [-0.2, 0) is 32.0 Å². The standard InChI is InChI=1S/C17H22O9/c18-14(19)8-3-10(16(22)23)1-4-12-6-7-13(26-12)5-2-11(17(24)25)9-15(20)21/h6-7,10-11H,1-5,8-9H2,(H,18,19)(H,20,21)(H,22,23)(H,24,25). The molecule has 0 aliphatic rings. The van der Waals surface area contributed by atoms with Gasteiger partial charge < -0.3 is 24.8 Å². The molecule has 0 aliphatic heterocycles. The molecule has 9 nitrogen and oxygen atoms in total. The number of hydrogen-bond donors (Lipinski definition) is 4. The normalized spacial score (nSPS) is 13.1. The molecule has 144 valence electrons. The lowest BCUT2D eigenvalue weighted by Gasteiger charge is -2.10. The van der Waals surface area contributed by atoms with Crippen LogP contribution < -0.4 is 0 Å². The minimum atomic E-state index is -1.18. The molecular weight excluding hydrogens is 348 g/mol. The molecule has 1 heterocycles. The van der Waals surface area contributed by atoms with Gasteiger partial charge in [-0.2, -0.15) is 0 Å². The van der Waals surface area contributed by atoms with E-state index in [1.54, 1.807) is 12.1 Å². The third kappa shape index (κ3) is 7.82. The Labute approximate surface area is 149 Å². The summed E-state index contributed by atoms with van der Waals surface area (Å²) in [7, 11) is 0. The maximum atomic E-state index is 11.1. The van der Waals surface area contributed by atoms with Crippen LogP contribution in [-0.4, -0.2) is 44.3 Å². The van der Waals surface area contributed by atoms with Crippen LogP contribution in [0.4, 0.5) is 0 Å². The predicted octanol–water partition coefficient (Wildman–Crippen LogP) is 1.89. The number of aryl methyl sites for hydroxylation is 2. The Balaban J connectivity index is 2.53. The van der Waals surface area contributed by atoms with Gasteiger partial charge in [0.2, 0.25) is 0 Å². The Morgan fingerprint density at radius 1 is 0.769 bits per heavy atom. The fraction of sp³-hybridized carbons (Fsp3) is 0.529. The molecule has 0 aliphatic carbocycles. The lowest BCUT2D eigenvalue weighted by molar-refractivity contribution is -0.148. The quantitative estimate of drug-likeness (QED) is 0.406. The van der Waals surface area contributed by atoms with E-state index in [2.05, 4.69) is 0 Å². The van der Waals surface area contributed by atoms with Crippen LogP contribution in [0.15, 0.2) is 16.5 Å². The van der Waals surface area contributed by atoms with Crippen molar-refractivity contribution in [3.05, 3.63) is 23.7 Å². The molecule has 1 aromatic heterocycles. The first-order valence-electron chi connectivity index (χ1n) is 8.15. The zero-order chi connectivity index (χ0) is 19.7. The third-order valence-corrected chi connectivity index (χ3v) is 4.02. The molecule has 9 heteroatoms. The highest BCUT2D eigenvalue weighted by Crippen LogP contribution is 2.20. The van der Waals surface area contributed by atoms with Crippen LogP contribution in [0.5, 0.6) is 0 Å². The van der Waals surface area contributed by atoms with Gasteiger partial charge in [0.05, 0.1) is 18.3 Å². The van der Waals surface area contributed by atoms with Gasteiger partial charge in [-0.25, -0.2) is 0 Å². The molecule has 2 atom stereocenters. The molecule has 0 radical (unpaired) electrons. The summed E-state index contributed by atoms with van der Waals surface area (Å²) in [6.07, 6.45) is 0.262. The van der Waals surface area contributed by atoms with E-state index in [4.69, 9.17) is 24.8 Å². The largest absolute Gasteiger partial charge is 0.481 e. The molecule has 0 fully saturated rings. The highest BCUT2D eigenvalue weighted by atomic mass is 16.4. The van der Waals surface area contributed by atoms with Crippen LogP contribution >= 0.6 is 0 Å². The molecule has 0 saturated heterocycles. The fourth-order valence-corrected chi connectivity index (χ4v) is 2.54. The molecule has 2 unspecified atom stereocenters. The van der Waals surface area contributed by atoms with E-state index in [0.29, 0.717) is 17.9 Å². The smallest absolute Gasteiger partial charge is 0.307 e. The number of carboxylic acid groups (broad SMARTS) is 4. The van der Waals surface area contributed by atoms with Crippen LogP contribution in [0.1, 0.15) is 43.6 Å². The molecule has 0 saturated carbocycles. The lowest BCUT2D eigenvalue weighted by atomic mass is 9.97. The summed E-state index contributed by atoms with van der Waals surface area (Å²) in [6, 6.07) is 3.29. The van der Waals surface area contributed by atoms with Crippen LogP contribution in [0.3, 0.4) is 0 Å². The second-order valence-electron chi connectivity index (χ2n) is 6.05. The minimum Gasteiger partial charge on any atom is -0.481 e. The number of carboxylic acids is 4. The summed E-state index contributed by atoms with van der Waals surface area (Å²) >= 11 is 0. The third-order valence-electron chi connectivity index (χ3n) is 4.02. The second-order valence-corrected chi connectivity index (χ2v) is 6.05. The fourth-order valence-electron chi connectivity index (χ4n) is 2.54. The van der Waals surface area contributed by atoms with Crippen molar-refractivity contribution in [3.63, 3.8) is 0 Å². The summed E-state index contributed by atoms with van der Waals surface area (Å²) < 4.78 is 5.52. The molecular formula is C17H22O9. The number of aliphatic carboxylic acids is 4. The summed E-state index contributed by atoms with van der Waals surface area (Å²) in [5.41, 5.74) is 0. The number of rotatable bonds is 13. The van der Waals surface area contributed by atoms with Gasteiger partial charge in [-0.15, -0.1) is 0 Å². The van der Waals surface area contributed by atoms with Crippen molar-refractivity contribution in [2.75, 3.05) is 0 Å². The van der Waals surface area contributed by atoms with Crippen molar-refractivity contribution in [2.24, 2.45) is 11.8 Å². The van der Waals surface area contributed by atoms with Gasteiger partial charge in [-0.05, 0) is 31.4 Å². The summed E-state index contributed by atoms with van der Waals surface area (Å²) in [5, 5.41) is 35.5. The molecule has 0 amide bonds. The Morgan fingerprint density at radius 3 is 1.69 bits per heavy atom. The monoisotopic (exact) mass is 370 g/mol. The summed E-state index contributed by atoms with van der Waals surface area (Å²) in [5.74, 6) is -5.25. The van der Waals surface area contributed by atoms with Crippen molar-refractivity contribution < 1.29 is 44.0 Å². The van der Waals surface area contributed by atoms with Crippen LogP contribution in [0.25, 0.3) is 0 Å². The highest BCUT2D eigenvalue weighted by Gasteiger charge is 2.22. The first kappa shape index (κ1) is 21.2. The van der Waals surface area contributed by atoms with Crippen molar-refractivity contribution in [3.8, 4) is 0 Å². The topological polar surface area (TPSA) is 162 Å². The van der Waals surface area contributed by atoms with Crippen molar-refractivity contribution in [1.29, 1.82) is 0 Å². The van der Waals surface area contributed by atoms with Crippen molar-refractivity contribution >= 4 is 23.9 Å². The highest BCUT2D eigenvalue weighted by molar-refractivity contribution is 5.77. The molecule has 0 aromatic carbocycles. The van der Waals surface area contributed by atoms with Gasteiger partial charge in [-0.3, -0.25) is 19.2 Å². The van der Waals surface area contributed by atoms with Gasteiger partial charge in [0.15, 0.2) is 0 Å². The Kier molecular flexibility index (Phi) is 8.33. The van der Waals surface area contributed by atoms with E-state index in [1.807, 2.05) is 0 Å². The van der Waals surface area contributed by atoms with E-state index in [0.717, 1.165) is 0 Å². The van der Waals surface area contributed by atoms with Crippen LogP contribution in [0.2, 0.25) is 0 Å². The SMILES string of the molecule is O=C(O)CCC(CCc1ccc(CCC(CC(=O)O)C(=O)O)o1)C(=O)O. The van der Waals surface area contributed by atoms with Crippen molar-refractivity contribution in [1.82, 2.24) is 0 Å². The second kappa shape index (κ2) is 10.2. The van der Waals surface area contributed by atoms with Crippen molar-refractivity contribution in [2.45, 2.75) is 44.9 Å². The summed E-state index contributed by atoms with van der Waals surface area (Å²) in [6.45, 7) is 0. The molecule has 0 bridgehead atoms. The van der Waals surface area contributed by atoms with Gasteiger partial charge >= 0.3 is 23.9 Å². The molecule has 1 aromatic rings. The van der Waals surface area contributed by atoms with Gasteiger partial charge in [0, 0.05) is 19.3 Å². The predicted molar refractivity (Wildman–Crippen MR) is 86.7 cm³/mol. The zero-order valence-electron chi connectivity index (χ0n) is 14.1. The Bertz CT molecular complexity index is 646. The van der Waals surface area contributed by atoms with E-state index < -0.39 is 42.1 Å². The number of carbonyl (C=O) groups is 4. The average Bonchev–Trinajstić information content (AvgIpc) is 2.98. The molecule has 1 rings (SSSR count). The number of furan rings is 1. The van der Waals surface area contributed by atoms with Gasteiger partial charge in [-0.1, -0.05) is 0 Å². The average molecular weight is 370 g/mol. The Hall–Kier alpha value is -2.84. The number of hydrogen-bond acceptors (Lipinski definition) is 5. The molecule has 4 N–H and O–H groups in total. The van der Waals surface area contributed by atoms with E-state index in [1.165, 1.54) is 0 Å². The first-order valence-corrected chi connectivity index (χ1v) is 8.15. The van der Waals surface area contributed by atoms with Gasteiger partial charge in [0.1, 0.15) is 11.5 Å². The van der Waals surface area contributed by atoms with Gasteiger partial charge in [0.25, 0.3) is 0 Å². The zero-order valence-corrected chi connectivity index (χ0v) is 14.1.